The summed E-state index contributed by atoms with van der Waals surface area (Å²) in [5, 5.41) is 7.66. The highest BCUT2D eigenvalue weighted by molar-refractivity contribution is 7.10. The molecule has 2 aromatic carbocycles. The van der Waals surface area contributed by atoms with Gasteiger partial charge in [-0.2, -0.15) is 0 Å². The Labute approximate surface area is 214 Å². The van der Waals surface area contributed by atoms with Crippen molar-refractivity contribution in [1.29, 1.82) is 0 Å². The maximum Gasteiger partial charge on any atom is 0.231 e. The Bertz CT molecular complexity index is 1340. The second-order valence-electron chi connectivity index (χ2n) is 8.94. The Hall–Kier alpha value is -3.00. The summed E-state index contributed by atoms with van der Waals surface area (Å²) in [6.45, 7) is 6.82. The van der Waals surface area contributed by atoms with E-state index in [1.165, 1.54) is 16.1 Å². The maximum absolute atomic E-state index is 6.23. The van der Waals surface area contributed by atoms with Gasteiger partial charge in [0.2, 0.25) is 6.79 Å². The third-order valence-electron chi connectivity index (χ3n) is 6.69. The van der Waals surface area contributed by atoms with Crippen LogP contribution in [0.5, 0.6) is 11.5 Å². The van der Waals surface area contributed by atoms with Gasteiger partial charge >= 0.3 is 0 Å². The molecule has 0 unspecified atom stereocenters. The van der Waals surface area contributed by atoms with E-state index < -0.39 is 0 Å². The molecule has 0 bridgehead atoms. The fourth-order valence-corrected chi connectivity index (χ4v) is 5.70. The highest BCUT2D eigenvalue weighted by Crippen LogP contribution is 2.37. The maximum atomic E-state index is 6.23. The number of hydrogen-bond acceptors (Lipinski definition) is 7. The number of rotatable bonds is 6. The van der Waals surface area contributed by atoms with E-state index in [0.717, 1.165) is 66.0 Å². The average Bonchev–Trinajstić information content (AvgIpc) is 3.58. The highest BCUT2D eigenvalue weighted by atomic mass is 35.5. The van der Waals surface area contributed by atoms with Gasteiger partial charge in [0.25, 0.3) is 0 Å². The van der Waals surface area contributed by atoms with Crippen molar-refractivity contribution in [3.05, 3.63) is 75.4 Å². The zero-order chi connectivity index (χ0) is 23.8. The number of nitrogens with zero attached hydrogens (tertiary/aromatic N) is 3. The van der Waals surface area contributed by atoms with Crippen LogP contribution in [0.25, 0.3) is 10.9 Å². The smallest absolute Gasteiger partial charge is 0.231 e. The zero-order valence-corrected chi connectivity index (χ0v) is 21.1. The number of thiophene rings is 1. The number of piperazine rings is 1. The van der Waals surface area contributed by atoms with Gasteiger partial charge in [-0.05, 0) is 48.7 Å². The Morgan fingerprint density at radius 2 is 1.80 bits per heavy atom. The molecule has 4 heterocycles. The van der Waals surface area contributed by atoms with Crippen LogP contribution >= 0.6 is 22.9 Å². The van der Waals surface area contributed by atoms with Crippen molar-refractivity contribution in [2.24, 2.45) is 0 Å². The van der Waals surface area contributed by atoms with Crippen LogP contribution in [0.1, 0.15) is 23.4 Å². The Morgan fingerprint density at radius 1 is 1.00 bits per heavy atom. The van der Waals surface area contributed by atoms with Crippen molar-refractivity contribution < 1.29 is 9.47 Å². The van der Waals surface area contributed by atoms with Gasteiger partial charge in [0.05, 0.1) is 5.52 Å². The van der Waals surface area contributed by atoms with Gasteiger partial charge in [0.15, 0.2) is 11.5 Å². The molecule has 0 amide bonds. The lowest BCUT2D eigenvalue weighted by Crippen LogP contribution is -2.47. The first-order valence-electron chi connectivity index (χ1n) is 11.9. The standard InChI is InChI=1S/C27H27ClN4O2S/c1-18(26-6-3-11-35-26)29-16-20-12-19-13-24-25(34-17-33-24)15-23(19)30-27(20)32-9-7-31(8-10-32)22-5-2-4-21(28)14-22/h2-6,11-15,18,29H,7-10,16-17H2,1H3/t18-/m1/s1. The van der Waals surface area contributed by atoms with Crippen molar-refractivity contribution >= 4 is 45.3 Å². The topological polar surface area (TPSA) is 49.9 Å². The van der Waals surface area contributed by atoms with Crippen LogP contribution < -0.4 is 24.6 Å². The lowest BCUT2D eigenvalue weighted by atomic mass is 10.1. The van der Waals surface area contributed by atoms with Crippen molar-refractivity contribution in [1.82, 2.24) is 10.3 Å². The molecular weight excluding hydrogens is 480 g/mol. The molecule has 1 N–H and O–H groups in total. The summed E-state index contributed by atoms with van der Waals surface area (Å²) >= 11 is 8.01. The lowest BCUT2D eigenvalue weighted by Gasteiger charge is -2.37. The van der Waals surface area contributed by atoms with Gasteiger partial charge in [0, 0.05) is 71.4 Å². The molecule has 6 rings (SSSR count). The van der Waals surface area contributed by atoms with Crippen LogP contribution in [0.2, 0.25) is 5.02 Å². The second-order valence-corrected chi connectivity index (χ2v) is 10.4. The van der Waals surface area contributed by atoms with Gasteiger partial charge in [0.1, 0.15) is 5.82 Å². The minimum atomic E-state index is 0.261. The molecule has 1 fully saturated rings. The molecule has 180 valence electrons. The number of ether oxygens (including phenoxy) is 2. The first kappa shape index (κ1) is 22.5. The van der Waals surface area contributed by atoms with Crippen LogP contribution in [0.4, 0.5) is 11.5 Å². The van der Waals surface area contributed by atoms with Gasteiger partial charge in [-0.25, -0.2) is 4.98 Å². The molecule has 2 aliphatic rings. The van der Waals surface area contributed by atoms with E-state index in [1.807, 2.05) is 30.3 Å². The van der Waals surface area contributed by atoms with E-state index >= 15 is 0 Å². The van der Waals surface area contributed by atoms with Gasteiger partial charge in [-0.1, -0.05) is 23.7 Å². The van der Waals surface area contributed by atoms with E-state index in [4.69, 9.17) is 26.1 Å². The molecule has 2 aromatic heterocycles. The summed E-state index contributed by atoms with van der Waals surface area (Å²) in [5.74, 6) is 2.58. The van der Waals surface area contributed by atoms with Gasteiger partial charge < -0.3 is 24.6 Å². The number of aromatic nitrogens is 1. The Kier molecular flexibility index (Phi) is 6.14. The summed E-state index contributed by atoms with van der Waals surface area (Å²) in [7, 11) is 0. The van der Waals surface area contributed by atoms with Gasteiger partial charge in [-0.15, -0.1) is 11.3 Å². The predicted octanol–water partition coefficient (Wildman–Crippen LogP) is 5.86. The zero-order valence-electron chi connectivity index (χ0n) is 19.5. The molecule has 8 heteroatoms. The SMILES string of the molecule is C[C@@H](NCc1cc2cc3c(cc2nc1N1CCN(c2cccc(Cl)c2)CC1)OCO3)c1cccs1. The number of benzene rings is 2. The van der Waals surface area contributed by atoms with Crippen LogP contribution in [0, 0.1) is 0 Å². The van der Waals surface area contributed by atoms with Crippen LogP contribution in [0.3, 0.4) is 0 Å². The quantitative estimate of drug-likeness (QED) is 0.353. The molecule has 0 saturated carbocycles. The van der Waals surface area contributed by atoms with E-state index in [0.29, 0.717) is 0 Å². The molecular formula is C27H27ClN4O2S. The lowest BCUT2D eigenvalue weighted by molar-refractivity contribution is 0.174. The molecule has 1 atom stereocenters. The molecule has 6 nitrogen and oxygen atoms in total. The molecule has 4 aromatic rings. The normalized spacial score (nSPS) is 16.2. The third-order valence-corrected chi connectivity index (χ3v) is 7.98. The largest absolute Gasteiger partial charge is 0.454 e. The fraction of sp³-hybridized carbons (Fsp3) is 0.296. The average molecular weight is 507 g/mol. The predicted molar refractivity (Wildman–Crippen MR) is 143 cm³/mol. The van der Waals surface area contributed by atoms with Crippen molar-refractivity contribution in [2.75, 3.05) is 42.8 Å². The first-order valence-corrected chi connectivity index (χ1v) is 13.2. The van der Waals surface area contributed by atoms with E-state index in [9.17, 15) is 0 Å². The minimum Gasteiger partial charge on any atom is -0.454 e. The van der Waals surface area contributed by atoms with Crippen molar-refractivity contribution in [3.8, 4) is 11.5 Å². The van der Waals surface area contributed by atoms with Crippen molar-refractivity contribution in [2.45, 2.75) is 19.5 Å². The number of halogens is 1. The molecule has 35 heavy (non-hydrogen) atoms. The number of anilines is 2. The summed E-state index contributed by atoms with van der Waals surface area (Å²) in [6.07, 6.45) is 0. The van der Waals surface area contributed by atoms with E-state index in [1.54, 1.807) is 11.3 Å². The fourth-order valence-electron chi connectivity index (χ4n) is 4.75. The molecule has 0 aliphatic carbocycles. The summed E-state index contributed by atoms with van der Waals surface area (Å²) in [6, 6.07) is 18.9. The molecule has 0 spiro atoms. The Balaban J connectivity index is 1.28. The molecule has 1 saturated heterocycles. The molecule has 2 aliphatic heterocycles. The summed E-state index contributed by atoms with van der Waals surface area (Å²) in [5.41, 5.74) is 3.29. The first-order chi connectivity index (χ1) is 17.1. The van der Waals surface area contributed by atoms with E-state index in [2.05, 4.69) is 51.7 Å². The number of nitrogens with one attached hydrogen (secondary N) is 1. The number of pyridine rings is 1. The monoisotopic (exact) mass is 506 g/mol. The van der Waals surface area contributed by atoms with Gasteiger partial charge in [-0.3, -0.25) is 0 Å². The van der Waals surface area contributed by atoms with E-state index in [-0.39, 0.29) is 12.8 Å². The second kappa shape index (κ2) is 9.57. The highest BCUT2D eigenvalue weighted by Gasteiger charge is 2.23. The third kappa shape index (κ3) is 4.63. The van der Waals surface area contributed by atoms with Crippen LogP contribution in [-0.4, -0.2) is 38.0 Å². The van der Waals surface area contributed by atoms with Crippen LogP contribution in [0.15, 0.2) is 60.0 Å². The Morgan fingerprint density at radius 3 is 2.57 bits per heavy atom. The van der Waals surface area contributed by atoms with Crippen LogP contribution in [-0.2, 0) is 6.54 Å². The number of hydrogen-bond donors (Lipinski definition) is 1. The number of fused-ring (bicyclic) bond motifs is 2. The molecule has 0 radical (unpaired) electrons. The summed E-state index contributed by atoms with van der Waals surface area (Å²) < 4.78 is 11.2. The minimum absolute atomic E-state index is 0.261. The summed E-state index contributed by atoms with van der Waals surface area (Å²) in [4.78, 5) is 11.3. The van der Waals surface area contributed by atoms with Crippen molar-refractivity contribution in [3.63, 3.8) is 0 Å².